The van der Waals surface area contributed by atoms with Crippen LogP contribution in [0.2, 0.25) is 0 Å². The Balaban J connectivity index is 2.37. The minimum absolute atomic E-state index is 0.0663. The zero-order valence-corrected chi connectivity index (χ0v) is 10.1. The topological polar surface area (TPSA) is 75.3 Å². The molecule has 0 radical (unpaired) electrons. The van der Waals surface area contributed by atoms with Crippen LogP contribution in [0.4, 0.5) is 5.82 Å². The lowest BCUT2D eigenvalue weighted by Crippen LogP contribution is -2.41. The first kappa shape index (κ1) is 11.8. The molecule has 0 aliphatic rings. The highest BCUT2D eigenvalue weighted by Crippen LogP contribution is 2.22. The first-order valence-electron chi connectivity index (χ1n) is 5.78. The molecule has 17 heavy (non-hydrogen) atoms. The van der Waals surface area contributed by atoms with Gasteiger partial charge in [-0.3, -0.25) is 4.40 Å². The first-order chi connectivity index (χ1) is 8.24. The molecule has 0 fully saturated rings. The molecule has 0 aliphatic carbocycles. The zero-order chi connectivity index (χ0) is 12.3. The number of aromatic nitrogens is 4. The average Bonchev–Trinajstić information content (AvgIpc) is 2.85. The van der Waals surface area contributed by atoms with Crippen molar-refractivity contribution in [3.05, 3.63) is 18.7 Å². The van der Waals surface area contributed by atoms with Crippen LogP contribution in [0.25, 0.3) is 5.65 Å². The third kappa shape index (κ3) is 2.08. The molecule has 0 bridgehead atoms. The summed E-state index contributed by atoms with van der Waals surface area (Å²) in [4.78, 5) is 4.26. The molecular weight excluding hydrogens is 218 g/mol. The minimum atomic E-state index is -0.346. The number of aliphatic hydroxyl groups excluding tert-OH is 1. The van der Waals surface area contributed by atoms with Crippen molar-refractivity contribution in [3.63, 3.8) is 0 Å². The fourth-order valence-corrected chi connectivity index (χ4v) is 1.79. The highest BCUT2D eigenvalue weighted by Gasteiger charge is 2.26. The van der Waals surface area contributed by atoms with Gasteiger partial charge in [0.05, 0.1) is 12.1 Å². The number of anilines is 1. The van der Waals surface area contributed by atoms with Gasteiger partial charge in [-0.15, -0.1) is 10.2 Å². The Morgan fingerprint density at radius 2 is 2.18 bits per heavy atom. The summed E-state index contributed by atoms with van der Waals surface area (Å²) in [5, 5.41) is 20.7. The molecule has 2 N–H and O–H groups in total. The first-order valence-corrected chi connectivity index (χ1v) is 5.78. The molecule has 92 valence electrons. The maximum atomic E-state index is 9.53. The summed E-state index contributed by atoms with van der Waals surface area (Å²) in [7, 11) is 0. The predicted molar refractivity (Wildman–Crippen MR) is 64.8 cm³/mol. The molecule has 0 spiro atoms. The van der Waals surface area contributed by atoms with E-state index in [0.717, 1.165) is 12.8 Å². The summed E-state index contributed by atoms with van der Waals surface area (Å²) < 4.78 is 1.79. The van der Waals surface area contributed by atoms with Crippen molar-refractivity contribution in [1.29, 1.82) is 0 Å². The minimum Gasteiger partial charge on any atom is -0.394 e. The molecule has 0 aliphatic heterocycles. The third-order valence-electron chi connectivity index (χ3n) is 3.26. The van der Waals surface area contributed by atoms with Gasteiger partial charge < -0.3 is 10.4 Å². The van der Waals surface area contributed by atoms with E-state index in [1.807, 2.05) is 13.8 Å². The molecule has 6 heteroatoms. The van der Waals surface area contributed by atoms with E-state index in [-0.39, 0.29) is 12.1 Å². The fourth-order valence-electron chi connectivity index (χ4n) is 1.79. The van der Waals surface area contributed by atoms with E-state index >= 15 is 0 Å². The number of aliphatic hydroxyl groups is 1. The smallest absolute Gasteiger partial charge is 0.203 e. The molecule has 0 aromatic carbocycles. The molecule has 0 saturated carbocycles. The van der Waals surface area contributed by atoms with Crippen LogP contribution >= 0.6 is 0 Å². The molecule has 6 nitrogen and oxygen atoms in total. The summed E-state index contributed by atoms with van der Waals surface area (Å²) in [5.41, 5.74) is 0.327. The van der Waals surface area contributed by atoms with Gasteiger partial charge in [0.15, 0.2) is 5.82 Å². The summed E-state index contributed by atoms with van der Waals surface area (Å²) in [5.74, 6) is 0.655. The molecule has 0 amide bonds. The predicted octanol–water partition coefficient (Wildman–Crippen LogP) is 1.09. The second-order valence-corrected chi connectivity index (χ2v) is 4.11. The van der Waals surface area contributed by atoms with Gasteiger partial charge in [-0.25, -0.2) is 4.98 Å². The average molecular weight is 235 g/mol. The van der Waals surface area contributed by atoms with Gasteiger partial charge in [-0.05, 0) is 12.8 Å². The Morgan fingerprint density at radius 1 is 1.41 bits per heavy atom. The third-order valence-corrected chi connectivity index (χ3v) is 3.26. The van der Waals surface area contributed by atoms with E-state index in [4.69, 9.17) is 0 Å². The van der Waals surface area contributed by atoms with Crippen LogP contribution in [0, 0.1) is 0 Å². The standard InChI is InChI=1S/C11H17N5O/c1-3-11(4-2,7-17)14-9-10-15-13-8-16(10)6-5-12-9/h5-6,8,17H,3-4,7H2,1-2H3,(H,12,14). The molecule has 0 unspecified atom stereocenters. The van der Waals surface area contributed by atoms with Gasteiger partial charge in [0.2, 0.25) is 5.65 Å². The Morgan fingerprint density at radius 3 is 2.82 bits per heavy atom. The molecule has 0 atom stereocenters. The van der Waals surface area contributed by atoms with Crippen LogP contribution in [-0.4, -0.2) is 36.8 Å². The Labute approximate surface area is 99.7 Å². The lowest BCUT2D eigenvalue weighted by Gasteiger charge is -2.31. The second kappa shape index (κ2) is 4.67. The van der Waals surface area contributed by atoms with Crippen molar-refractivity contribution in [1.82, 2.24) is 19.6 Å². The summed E-state index contributed by atoms with van der Waals surface area (Å²) in [6, 6.07) is 0. The molecule has 2 rings (SSSR count). The molecular formula is C11H17N5O. The van der Waals surface area contributed by atoms with Gasteiger partial charge in [-0.1, -0.05) is 13.8 Å². The Bertz CT molecular complexity index is 483. The van der Waals surface area contributed by atoms with Crippen LogP contribution in [-0.2, 0) is 0 Å². The van der Waals surface area contributed by atoms with E-state index in [9.17, 15) is 5.11 Å². The van der Waals surface area contributed by atoms with Crippen molar-refractivity contribution in [2.24, 2.45) is 0 Å². The number of hydrogen-bond donors (Lipinski definition) is 2. The maximum absolute atomic E-state index is 9.53. The van der Waals surface area contributed by atoms with E-state index in [1.165, 1.54) is 0 Å². The summed E-state index contributed by atoms with van der Waals surface area (Å²) in [6.45, 7) is 4.14. The summed E-state index contributed by atoms with van der Waals surface area (Å²) >= 11 is 0. The Kier molecular flexibility index (Phi) is 3.23. The molecule has 2 aromatic rings. The maximum Gasteiger partial charge on any atom is 0.203 e. The van der Waals surface area contributed by atoms with Crippen LogP contribution < -0.4 is 5.32 Å². The monoisotopic (exact) mass is 235 g/mol. The number of nitrogens with one attached hydrogen (secondary N) is 1. The number of fused-ring (bicyclic) bond motifs is 1. The van der Waals surface area contributed by atoms with Crippen LogP contribution in [0.15, 0.2) is 18.7 Å². The number of nitrogens with zero attached hydrogens (tertiary/aromatic N) is 4. The van der Waals surface area contributed by atoms with E-state index in [1.54, 1.807) is 23.1 Å². The van der Waals surface area contributed by atoms with Gasteiger partial charge >= 0.3 is 0 Å². The quantitative estimate of drug-likeness (QED) is 0.811. The van der Waals surface area contributed by atoms with Crippen molar-refractivity contribution < 1.29 is 5.11 Å². The van der Waals surface area contributed by atoms with Crippen LogP contribution in [0.1, 0.15) is 26.7 Å². The van der Waals surface area contributed by atoms with E-state index in [2.05, 4.69) is 20.5 Å². The number of rotatable bonds is 5. The van der Waals surface area contributed by atoms with E-state index < -0.39 is 0 Å². The SMILES string of the molecule is CCC(CC)(CO)Nc1nccn2cnnc12. The van der Waals surface area contributed by atoms with Crippen molar-refractivity contribution >= 4 is 11.5 Å². The highest BCUT2D eigenvalue weighted by atomic mass is 16.3. The molecule has 0 saturated heterocycles. The summed E-state index contributed by atoms with van der Waals surface area (Å²) in [6.07, 6.45) is 6.74. The van der Waals surface area contributed by atoms with Crippen LogP contribution in [0.3, 0.4) is 0 Å². The largest absolute Gasteiger partial charge is 0.394 e. The molecule has 2 heterocycles. The van der Waals surface area contributed by atoms with Crippen molar-refractivity contribution in [2.75, 3.05) is 11.9 Å². The van der Waals surface area contributed by atoms with Gasteiger partial charge in [-0.2, -0.15) is 0 Å². The van der Waals surface area contributed by atoms with Gasteiger partial charge in [0, 0.05) is 12.4 Å². The normalized spacial score (nSPS) is 11.9. The van der Waals surface area contributed by atoms with Crippen molar-refractivity contribution in [2.45, 2.75) is 32.2 Å². The zero-order valence-electron chi connectivity index (χ0n) is 10.1. The van der Waals surface area contributed by atoms with E-state index in [0.29, 0.717) is 11.5 Å². The second-order valence-electron chi connectivity index (χ2n) is 4.11. The Hall–Kier alpha value is -1.69. The lowest BCUT2D eigenvalue weighted by molar-refractivity contribution is 0.202. The van der Waals surface area contributed by atoms with Crippen LogP contribution in [0.5, 0.6) is 0 Å². The lowest BCUT2D eigenvalue weighted by atomic mass is 9.94. The highest BCUT2D eigenvalue weighted by molar-refractivity contribution is 5.62. The van der Waals surface area contributed by atoms with Crippen molar-refractivity contribution in [3.8, 4) is 0 Å². The molecule has 2 aromatic heterocycles. The number of hydrogen-bond acceptors (Lipinski definition) is 5. The fraction of sp³-hybridized carbons (Fsp3) is 0.545. The van der Waals surface area contributed by atoms with Gasteiger partial charge in [0.1, 0.15) is 6.33 Å². The van der Waals surface area contributed by atoms with Gasteiger partial charge in [0.25, 0.3) is 0 Å².